The first-order valence-electron chi connectivity index (χ1n) is 7.49. The van der Waals surface area contributed by atoms with Gasteiger partial charge in [-0.3, -0.25) is 9.78 Å². The maximum atomic E-state index is 12.6. The minimum absolute atomic E-state index is 0.0963. The molecule has 0 spiro atoms. The molecule has 3 aromatic rings. The van der Waals surface area contributed by atoms with E-state index < -0.39 is 0 Å². The second-order valence-corrected chi connectivity index (χ2v) is 6.85. The van der Waals surface area contributed by atoms with E-state index in [4.69, 9.17) is 11.6 Å². The van der Waals surface area contributed by atoms with Crippen LogP contribution in [-0.2, 0) is 0 Å². The number of carbonyl (C=O) groups excluding carboxylic acids is 1. The lowest BCUT2D eigenvalue weighted by Crippen LogP contribution is -2.26. The van der Waals surface area contributed by atoms with Crippen molar-refractivity contribution < 1.29 is 4.79 Å². The van der Waals surface area contributed by atoms with Crippen LogP contribution in [0.5, 0.6) is 0 Å². The minimum atomic E-state index is -0.116. The van der Waals surface area contributed by atoms with Gasteiger partial charge in [-0.05, 0) is 43.7 Å². The summed E-state index contributed by atoms with van der Waals surface area (Å²) in [5.74, 6) is -0.116. The summed E-state index contributed by atoms with van der Waals surface area (Å²) in [5.41, 5.74) is 2.69. The summed E-state index contributed by atoms with van der Waals surface area (Å²) in [7, 11) is 0. The number of aryl methyl sites for hydroxylation is 1. The van der Waals surface area contributed by atoms with Crippen molar-refractivity contribution in [2.75, 3.05) is 0 Å². The Balaban J connectivity index is 1.79. The molecule has 1 aromatic carbocycles. The molecule has 0 saturated carbocycles. The van der Waals surface area contributed by atoms with Gasteiger partial charge in [0.25, 0.3) is 5.91 Å². The molecule has 0 saturated heterocycles. The van der Waals surface area contributed by atoms with Crippen LogP contribution in [0, 0.1) is 6.92 Å². The first-order valence-corrected chi connectivity index (χ1v) is 8.68. The molecular weight excluding hydrogens is 342 g/mol. The molecule has 1 N–H and O–H groups in total. The first kappa shape index (κ1) is 16.6. The summed E-state index contributed by atoms with van der Waals surface area (Å²) < 4.78 is 0. The summed E-state index contributed by atoms with van der Waals surface area (Å²) in [6.45, 7) is 3.80. The fraction of sp³-hybridized carbons (Fsp3) is 0.167. The largest absolute Gasteiger partial charge is 0.345 e. The second kappa shape index (κ2) is 7.11. The average Bonchev–Trinajstić information content (AvgIpc) is 2.98. The van der Waals surface area contributed by atoms with Gasteiger partial charge in [0.1, 0.15) is 9.88 Å². The molecule has 0 radical (unpaired) electrons. The zero-order valence-corrected chi connectivity index (χ0v) is 14.9. The third-order valence-electron chi connectivity index (χ3n) is 3.65. The van der Waals surface area contributed by atoms with Gasteiger partial charge in [0.15, 0.2) is 0 Å². The topological polar surface area (TPSA) is 54.9 Å². The Kier molecular flexibility index (Phi) is 4.92. The fourth-order valence-electron chi connectivity index (χ4n) is 2.32. The van der Waals surface area contributed by atoms with Crippen LogP contribution in [0.15, 0.2) is 48.8 Å². The zero-order chi connectivity index (χ0) is 17.1. The number of pyridine rings is 1. The summed E-state index contributed by atoms with van der Waals surface area (Å²) >= 11 is 7.30. The van der Waals surface area contributed by atoms with E-state index in [9.17, 15) is 4.79 Å². The molecule has 2 heterocycles. The normalized spacial score (nSPS) is 12.0. The van der Waals surface area contributed by atoms with Crippen molar-refractivity contribution in [2.24, 2.45) is 0 Å². The van der Waals surface area contributed by atoms with Crippen molar-refractivity contribution >= 4 is 28.8 Å². The van der Waals surface area contributed by atoms with Crippen LogP contribution in [-0.4, -0.2) is 15.9 Å². The van der Waals surface area contributed by atoms with Gasteiger partial charge < -0.3 is 5.32 Å². The number of aromatic nitrogens is 2. The van der Waals surface area contributed by atoms with Gasteiger partial charge in [0, 0.05) is 23.0 Å². The number of nitrogens with one attached hydrogen (secondary N) is 1. The number of carbonyl (C=O) groups is 1. The van der Waals surface area contributed by atoms with Gasteiger partial charge in [-0.2, -0.15) is 0 Å². The third kappa shape index (κ3) is 3.63. The lowest BCUT2D eigenvalue weighted by atomic mass is 10.1. The molecule has 0 fully saturated rings. The molecule has 2 aromatic heterocycles. The first-order chi connectivity index (χ1) is 11.5. The van der Waals surface area contributed by atoms with E-state index in [-0.39, 0.29) is 11.9 Å². The summed E-state index contributed by atoms with van der Waals surface area (Å²) in [6.07, 6.45) is 3.43. The van der Waals surface area contributed by atoms with Crippen molar-refractivity contribution in [1.29, 1.82) is 0 Å². The molecule has 0 bridgehead atoms. The van der Waals surface area contributed by atoms with Crippen molar-refractivity contribution in [3.05, 3.63) is 69.9 Å². The molecule has 24 heavy (non-hydrogen) atoms. The standard InChI is InChI=1S/C18H16ClN3OS/c1-11(13-7-9-20-10-8-13)21-17(23)16-12(2)22-18(24-16)14-3-5-15(19)6-4-14/h3-11H,1-2H3,(H,21,23). The molecule has 4 nitrogen and oxygen atoms in total. The highest BCUT2D eigenvalue weighted by Crippen LogP contribution is 2.29. The second-order valence-electron chi connectivity index (χ2n) is 5.42. The van der Waals surface area contributed by atoms with Crippen LogP contribution >= 0.6 is 22.9 Å². The van der Waals surface area contributed by atoms with E-state index >= 15 is 0 Å². The van der Waals surface area contributed by atoms with Crippen molar-refractivity contribution in [2.45, 2.75) is 19.9 Å². The third-order valence-corrected chi connectivity index (χ3v) is 5.10. The Hall–Kier alpha value is -2.24. The highest BCUT2D eigenvalue weighted by molar-refractivity contribution is 7.17. The Labute approximate surface area is 149 Å². The number of nitrogens with zero attached hydrogens (tertiary/aromatic N) is 2. The quantitative estimate of drug-likeness (QED) is 0.738. The maximum absolute atomic E-state index is 12.6. The highest BCUT2D eigenvalue weighted by Gasteiger charge is 2.18. The SMILES string of the molecule is Cc1nc(-c2ccc(Cl)cc2)sc1C(=O)NC(C)c1ccncc1. The number of thiazole rings is 1. The van der Waals surface area contributed by atoms with Gasteiger partial charge in [-0.25, -0.2) is 4.98 Å². The van der Waals surface area contributed by atoms with E-state index in [0.717, 1.165) is 21.8 Å². The smallest absolute Gasteiger partial charge is 0.263 e. The average molecular weight is 358 g/mol. The van der Waals surface area contributed by atoms with Crippen LogP contribution in [0.1, 0.15) is 33.9 Å². The number of hydrogen-bond acceptors (Lipinski definition) is 4. The summed E-state index contributed by atoms with van der Waals surface area (Å²) in [5, 5.41) is 4.50. The van der Waals surface area contributed by atoms with Gasteiger partial charge in [0.2, 0.25) is 0 Å². The van der Waals surface area contributed by atoms with Gasteiger partial charge in [0.05, 0.1) is 11.7 Å². The van der Waals surface area contributed by atoms with Gasteiger partial charge in [-0.15, -0.1) is 11.3 Å². The number of amides is 1. The van der Waals surface area contributed by atoms with Gasteiger partial charge in [-0.1, -0.05) is 23.7 Å². The molecule has 1 atom stereocenters. The lowest BCUT2D eigenvalue weighted by Gasteiger charge is -2.13. The van der Waals surface area contributed by atoms with Crippen LogP contribution in [0.25, 0.3) is 10.6 Å². The molecule has 0 aliphatic carbocycles. The van der Waals surface area contributed by atoms with E-state index in [1.807, 2.05) is 50.2 Å². The van der Waals surface area contributed by atoms with E-state index in [0.29, 0.717) is 9.90 Å². The van der Waals surface area contributed by atoms with E-state index in [1.54, 1.807) is 12.4 Å². The fourth-order valence-corrected chi connectivity index (χ4v) is 3.42. The molecule has 122 valence electrons. The summed E-state index contributed by atoms with van der Waals surface area (Å²) in [4.78, 5) is 21.7. The molecule has 1 amide bonds. The van der Waals surface area contributed by atoms with Crippen LogP contribution < -0.4 is 5.32 Å². The van der Waals surface area contributed by atoms with E-state index in [2.05, 4.69) is 15.3 Å². The monoisotopic (exact) mass is 357 g/mol. The Bertz CT molecular complexity index is 846. The molecule has 3 rings (SSSR count). The molecule has 6 heteroatoms. The van der Waals surface area contributed by atoms with E-state index in [1.165, 1.54) is 11.3 Å². The highest BCUT2D eigenvalue weighted by atomic mass is 35.5. The predicted octanol–water partition coefficient (Wildman–Crippen LogP) is 4.66. The zero-order valence-electron chi connectivity index (χ0n) is 13.3. The number of benzene rings is 1. The number of rotatable bonds is 4. The maximum Gasteiger partial charge on any atom is 0.263 e. The Morgan fingerprint density at radius 3 is 2.50 bits per heavy atom. The minimum Gasteiger partial charge on any atom is -0.345 e. The van der Waals surface area contributed by atoms with Crippen LogP contribution in [0.4, 0.5) is 0 Å². The number of hydrogen-bond donors (Lipinski definition) is 1. The number of halogens is 1. The lowest BCUT2D eigenvalue weighted by molar-refractivity contribution is 0.0943. The Morgan fingerprint density at radius 1 is 1.17 bits per heavy atom. The molecule has 0 aliphatic heterocycles. The van der Waals surface area contributed by atoms with Gasteiger partial charge >= 0.3 is 0 Å². The molecular formula is C18H16ClN3OS. The van der Waals surface area contributed by atoms with Crippen LogP contribution in [0.3, 0.4) is 0 Å². The molecule has 0 aliphatic rings. The van der Waals surface area contributed by atoms with Crippen molar-refractivity contribution in [3.8, 4) is 10.6 Å². The molecule has 1 unspecified atom stereocenters. The van der Waals surface area contributed by atoms with Crippen LogP contribution in [0.2, 0.25) is 5.02 Å². The van der Waals surface area contributed by atoms with Crippen molar-refractivity contribution in [1.82, 2.24) is 15.3 Å². The summed E-state index contributed by atoms with van der Waals surface area (Å²) in [6, 6.07) is 11.1. The predicted molar refractivity (Wildman–Crippen MR) is 97.4 cm³/mol. The van der Waals surface area contributed by atoms with Crippen molar-refractivity contribution in [3.63, 3.8) is 0 Å². The Morgan fingerprint density at radius 2 is 1.83 bits per heavy atom.